The van der Waals surface area contributed by atoms with E-state index in [0.29, 0.717) is 55.4 Å². The molecule has 8 nitrogen and oxygen atoms in total. The number of quaternary nitrogens is 1. The lowest BCUT2D eigenvalue weighted by Crippen LogP contribution is -2.51. The zero-order chi connectivity index (χ0) is 27.9. The lowest BCUT2D eigenvalue weighted by Gasteiger charge is -2.33. The number of ether oxygens (including phenoxy) is 2. The minimum Gasteiger partial charge on any atom is -0.490 e. The molecule has 0 bridgehead atoms. The van der Waals surface area contributed by atoms with Gasteiger partial charge in [0.2, 0.25) is 5.91 Å². The molecule has 2 aliphatic heterocycles. The maximum absolute atomic E-state index is 14.2. The highest BCUT2D eigenvalue weighted by Gasteiger charge is 2.28. The fourth-order valence-corrected chi connectivity index (χ4v) is 6.07. The third-order valence-corrected chi connectivity index (χ3v) is 8.20. The molecule has 2 aromatic rings. The summed E-state index contributed by atoms with van der Waals surface area (Å²) in [6.07, 6.45) is 8.61. The molecule has 2 heterocycles. The number of anilines is 1. The first-order chi connectivity index (χ1) is 19.5. The number of likely N-dealkylation sites (tertiary alicyclic amines) is 1. The quantitative estimate of drug-likeness (QED) is 0.437. The zero-order valence-corrected chi connectivity index (χ0v) is 23.3. The molecule has 2 saturated heterocycles. The Balaban J connectivity index is 1.21. The summed E-state index contributed by atoms with van der Waals surface area (Å²) in [4.78, 5) is 27.3. The smallest absolute Gasteiger partial charge is 0.253 e. The van der Waals surface area contributed by atoms with Crippen LogP contribution in [-0.4, -0.2) is 61.6 Å². The molecule has 1 saturated carbocycles. The third kappa shape index (κ3) is 7.31. The van der Waals surface area contributed by atoms with Crippen molar-refractivity contribution in [3.8, 4) is 11.5 Å². The minimum absolute atomic E-state index is 0.0331. The van der Waals surface area contributed by atoms with E-state index >= 15 is 0 Å². The van der Waals surface area contributed by atoms with E-state index in [-0.39, 0.29) is 30.4 Å². The van der Waals surface area contributed by atoms with Crippen molar-refractivity contribution in [3.05, 3.63) is 53.3 Å². The SMILES string of the molecule is [NH3+]CCC(=O)Nc1cc(F)cc(OC2CCN(C(=O)c3ccc(O[C@H]4CCNC4)c(C4CCCCC4)c3)CC2)c1. The van der Waals surface area contributed by atoms with Crippen molar-refractivity contribution < 1.29 is 29.2 Å². The van der Waals surface area contributed by atoms with Gasteiger partial charge in [0.15, 0.2) is 0 Å². The molecule has 0 aromatic heterocycles. The number of hydrogen-bond acceptors (Lipinski definition) is 5. The molecule has 9 heteroatoms. The van der Waals surface area contributed by atoms with Gasteiger partial charge in [-0.1, -0.05) is 19.3 Å². The highest BCUT2D eigenvalue weighted by atomic mass is 19.1. The first kappa shape index (κ1) is 28.4. The zero-order valence-electron chi connectivity index (χ0n) is 23.3. The van der Waals surface area contributed by atoms with Crippen molar-refractivity contribution in [2.24, 2.45) is 0 Å². The second kappa shape index (κ2) is 13.5. The topological polar surface area (TPSA) is 108 Å². The Morgan fingerprint density at radius 2 is 1.77 bits per heavy atom. The van der Waals surface area contributed by atoms with Crippen LogP contribution in [0.2, 0.25) is 0 Å². The van der Waals surface area contributed by atoms with E-state index in [4.69, 9.17) is 9.47 Å². The number of hydrogen-bond donors (Lipinski definition) is 3. The largest absolute Gasteiger partial charge is 0.490 e. The molecule has 0 spiro atoms. The number of carbonyl (C=O) groups excluding carboxylic acids is 2. The van der Waals surface area contributed by atoms with Crippen LogP contribution in [0.5, 0.6) is 11.5 Å². The molecule has 5 N–H and O–H groups in total. The average Bonchev–Trinajstić information content (AvgIpc) is 3.47. The summed E-state index contributed by atoms with van der Waals surface area (Å²) in [6.45, 7) is 3.45. The molecular weight excluding hydrogens is 511 g/mol. The summed E-state index contributed by atoms with van der Waals surface area (Å²) in [5.41, 5.74) is 5.93. The van der Waals surface area contributed by atoms with Crippen LogP contribution in [0.3, 0.4) is 0 Å². The lowest BCUT2D eigenvalue weighted by atomic mass is 9.83. The maximum Gasteiger partial charge on any atom is 0.253 e. The molecule has 2 aromatic carbocycles. The van der Waals surface area contributed by atoms with Gasteiger partial charge in [0, 0.05) is 55.9 Å². The lowest BCUT2D eigenvalue weighted by molar-refractivity contribution is -0.365. The fraction of sp³-hybridized carbons (Fsp3) is 0.548. The summed E-state index contributed by atoms with van der Waals surface area (Å²) < 4.78 is 26.6. The van der Waals surface area contributed by atoms with Crippen LogP contribution in [0.4, 0.5) is 10.1 Å². The number of halogens is 1. The van der Waals surface area contributed by atoms with Gasteiger partial charge < -0.3 is 30.7 Å². The fourth-order valence-electron chi connectivity index (χ4n) is 6.07. The first-order valence-corrected chi connectivity index (χ1v) is 14.9. The van der Waals surface area contributed by atoms with E-state index in [2.05, 4.69) is 22.4 Å². The summed E-state index contributed by atoms with van der Waals surface area (Å²) in [5.74, 6) is 1.09. The van der Waals surface area contributed by atoms with Crippen LogP contribution in [0, 0.1) is 5.82 Å². The normalized spacial score (nSPS) is 20.4. The van der Waals surface area contributed by atoms with Crippen molar-refractivity contribution in [2.75, 3.05) is 38.0 Å². The minimum atomic E-state index is -0.472. The van der Waals surface area contributed by atoms with Crippen molar-refractivity contribution in [1.82, 2.24) is 10.2 Å². The van der Waals surface area contributed by atoms with Gasteiger partial charge in [0.05, 0.1) is 13.0 Å². The van der Waals surface area contributed by atoms with Crippen molar-refractivity contribution >= 4 is 17.5 Å². The maximum atomic E-state index is 14.2. The van der Waals surface area contributed by atoms with E-state index in [0.717, 1.165) is 38.1 Å². The molecule has 216 valence electrons. The van der Waals surface area contributed by atoms with Gasteiger partial charge in [-0.15, -0.1) is 0 Å². The number of carbonyl (C=O) groups is 2. The summed E-state index contributed by atoms with van der Waals surface area (Å²) in [5, 5.41) is 6.06. The van der Waals surface area contributed by atoms with E-state index in [1.54, 1.807) is 6.07 Å². The number of nitrogens with one attached hydrogen (secondary N) is 2. The van der Waals surface area contributed by atoms with E-state index in [9.17, 15) is 14.0 Å². The van der Waals surface area contributed by atoms with Crippen LogP contribution in [0.15, 0.2) is 36.4 Å². The first-order valence-electron chi connectivity index (χ1n) is 14.9. The van der Waals surface area contributed by atoms with Crippen LogP contribution >= 0.6 is 0 Å². The Morgan fingerprint density at radius 1 is 0.975 bits per heavy atom. The predicted octanol–water partition coefficient (Wildman–Crippen LogP) is 3.87. The molecule has 3 aliphatic rings. The van der Waals surface area contributed by atoms with E-state index < -0.39 is 5.82 Å². The number of nitrogens with zero attached hydrogens (tertiary/aromatic N) is 1. The second-order valence-electron chi connectivity index (χ2n) is 11.3. The monoisotopic (exact) mass is 553 g/mol. The van der Waals surface area contributed by atoms with Gasteiger partial charge in [0.25, 0.3) is 5.91 Å². The van der Waals surface area contributed by atoms with Crippen molar-refractivity contribution in [1.29, 1.82) is 0 Å². The standard InChI is InChI=1S/C31H41FN4O4/c32-23-17-24(35-30(37)8-12-33)19-27(18-23)39-25-10-14-36(15-11-25)31(38)22-6-7-29(40-26-9-13-34-20-26)28(16-22)21-4-2-1-3-5-21/h6-7,16-19,21,25-26,34H,1-5,8-15,20,33H2,(H,35,37)/p+1/t26-/m0/s1. The van der Waals surface area contributed by atoms with Gasteiger partial charge in [-0.25, -0.2) is 4.39 Å². The third-order valence-electron chi connectivity index (χ3n) is 8.20. The molecule has 2 amide bonds. The number of amides is 2. The molecule has 0 unspecified atom stereocenters. The number of piperidine rings is 1. The van der Waals surface area contributed by atoms with Gasteiger partial charge in [-0.2, -0.15) is 0 Å². The average molecular weight is 554 g/mol. The molecular formula is C31H42FN4O4+. The Bertz CT molecular complexity index is 1170. The van der Waals surface area contributed by atoms with Gasteiger partial charge in [-0.3, -0.25) is 9.59 Å². The summed E-state index contributed by atoms with van der Waals surface area (Å²) in [7, 11) is 0. The molecule has 5 rings (SSSR count). The van der Waals surface area contributed by atoms with Gasteiger partial charge in [-0.05, 0) is 61.6 Å². The molecule has 1 aliphatic carbocycles. The molecule has 1 atom stereocenters. The van der Waals surface area contributed by atoms with Gasteiger partial charge in [0.1, 0.15) is 29.5 Å². The highest BCUT2D eigenvalue weighted by molar-refractivity contribution is 5.94. The summed E-state index contributed by atoms with van der Waals surface area (Å²) in [6, 6.07) is 10.2. The van der Waals surface area contributed by atoms with Crippen LogP contribution in [0.1, 0.15) is 79.6 Å². The van der Waals surface area contributed by atoms with Crippen LogP contribution < -0.4 is 25.8 Å². The molecule has 3 fully saturated rings. The molecule has 40 heavy (non-hydrogen) atoms. The van der Waals surface area contributed by atoms with Crippen molar-refractivity contribution in [3.63, 3.8) is 0 Å². The van der Waals surface area contributed by atoms with E-state index in [1.165, 1.54) is 37.0 Å². The van der Waals surface area contributed by atoms with Crippen LogP contribution in [-0.2, 0) is 4.79 Å². The van der Waals surface area contributed by atoms with E-state index in [1.807, 2.05) is 17.0 Å². The number of rotatable bonds is 9. The predicted molar refractivity (Wildman–Crippen MR) is 151 cm³/mol. The summed E-state index contributed by atoms with van der Waals surface area (Å²) >= 11 is 0. The van der Waals surface area contributed by atoms with Gasteiger partial charge >= 0.3 is 0 Å². The Labute approximate surface area is 235 Å². The highest BCUT2D eigenvalue weighted by Crippen LogP contribution is 2.39. The Hall–Kier alpha value is -3.17. The Kier molecular flexibility index (Phi) is 9.54. The molecule has 0 radical (unpaired) electrons. The second-order valence-corrected chi connectivity index (χ2v) is 11.3. The Morgan fingerprint density at radius 3 is 2.50 bits per heavy atom. The van der Waals surface area contributed by atoms with Crippen molar-refractivity contribution in [2.45, 2.75) is 75.9 Å². The number of benzene rings is 2. The van der Waals surface area contributed by atoms with Crippen LogP contribution in [0.25, 0.3) is 0 Å².